The molecule has 0 atom stereocenters. The van der Waals surface area contributed by atoms with Crippen LogP contribution < -0.4 is 5.69 Å². The van der Waals surface area contributed by atoms with E-state index >= 15 is 0 Å². The first-order valence-corrected chi connectivity index (χ1v) is 4.43. The number of halogens is 3. The van der Waals surface area contributed by atoms with Crippen LogP contribution in [-0.2, 0) is 6.18 Å². The molecule has 0 unspecified atom stereocenters. The summed E-state index contributed by atoms with van der Waals surface area (Å²) in [5, 5.41) is 0. The Hall–Kier alpha value is -1.98. The Balaban J connectivity index is 2.67. The van der Waals surface area contributed by atoms with Crippen molar-refractivity contribution in [2.75, 3.05) is 0 Å². The molecule has 3 nitrogen and oxygen atoms in total. The van der Waals surface area contributed by atoms with Gasteiger partial charge >= 0.3 is 11.9 Å². The topological polar surface area (TPSA) is 37.8 Å². The average molecular weight is 228 g/mol. The van der Waals surface area contributed by atoms with Gasteiger partial charge in [-0.25, -0.2) is 4.79 Å². The van der Waals surface area contributed by atoms with Crippen molar-refractivity contribution in [1.29, 1.82) is 0 Å². The normalized spacial score (nSPS) is 11.7. The summed E-state index contributed by atoms with van der Waals surface area (Å²) >= 11 is 0. The summed E-state index contributed by atoms with van der Waals surface area (Å²) in [7, 11) is 0. The van der Waals surface area contributed by atoms with Crippen LogP contribution in [0.15, 0.2) is 41.5 Å². The van der Waals surface area contributed by atoms with Crippen molar-refractivity contribution in [2.24, 2.45) is 0 Å². The summed E-state index contributed by atoms with van der Waals surface area (Å²) in [4.78, 5) is 13.5. The largest absolute Gasteiger partial charge is 0.418 e. The van der Waals surface area contributed by atoms with Crippen molar-refractivity contribution in [3.05, 3.63) is 52.7 Å². The van der Waals surface area contributed by atoms with Gasteiger partial charge in [-0.3, -0.25) is 4.57 Å². The number of aromatic amines is 1. The molecule has 6 heteroatoms. The number of H-pyrrole nitrogens is 1. The molecule has 1 aromatic carbocycles. The molecule has 0 aliphatic carbocycles. The second-order valence-electron chi connectivity index (χ2n) is 3.15. The van der Waals surface area contributed by atoms with Crippen molar-refractivity contribution < 1.29 is 13.2 Å². The van der Waals surface area contributed by atoms with Gasteiger partial charge in [0.25, 0.3) is 0 Å². The van der Waals surface area contributed by atoms with Crippen LogP contribution in [0.3, 0.4) is 0 Å². The number of hydrogen-bond acceptors (Lipinski definition) is 1. The zero-order valence-corrected chi connectivity index (χ0v) is 7.95. The lowest BCUT2D eigenvalue weighted by Crippen LogP contribution is -2.18. The van der Waals surface area contributed by atoms with Crippen LogP contribution >= 0.6 is 0 Å². The summed E-state index contributed by atoms with van der Waals surface area (Å²) in [6.07, 6.45) is -1.93. The number of nitrogens with one attached hydrogen (secondary N) is 1. The zero-order chi connectivity index (χ0) is 11.8. The van der Waals surface area contributed by atoms with Gasteiger partial charge in [0.2, 0.25) is 0 Å². The highest BCUT2D eigenvalue weighted by Crippen LogP contribution is 2.32. The molecule has 16 heavy (non-hydrogen) atoms. The fourth-order valence-electron chi connectivity index (χ4n) is 1.43. The van der Waals surface area contributed by atoms with E-state index in [0.717, 1.165) is 10.6 Å². The molecule has 2 rings (SSSR count). The lowest BCUT2D eigenvalue weighted by molar-refractivity contribution is -0.137. The summed E-state index contributed by atoms with van der Waals surface area (Å²) in [5.41, 5.74) is -1.62. The highest BCUT2D eigenvalue weighted by atomic mass is 19.4. The van der Waals surface area contributed by atoms with Gasteiger partial charge in [-0.05, 0) is 12.1 Å². The van der Waals surface area contributed by atoms with Gasteiger partial charge in [0.15, 0.2) is 0 Å². The number of rotatable bonds is 1. The van der Waals surface area contributed by atoms with Crippen LogP contribution in [0.2, 0.25) is 0 Å². The maximum Gasteiger partial charge on any atom is 0.418 e. The minimum absolute atomic E-state index is 0.179. The maximum absolute atomic E-state index is 12.6. The molecule has 1 heterocycles. The van der Waals surface area contributed by atoms with Crippen LogP contribution in [0.25, 0.3) is 5.69 Å². The number of benzene rings is 1. The second-order valence-corrected chi connectivity index (χ2v) is 3.15. The average Bonchev–Trinajstić information content (AvgIpc) is 2.63. The molecule has 1 aromatic heterocycles. The molecular weight excluding hydrogens is 221 g/mol. The Kier molecular flexibility index (Phi) is 2.34. The van der Waals surface area contributed by atoms with Gasteiger partial charge in [0.1, 0.15) is 0 Å². The Bertz CT molecular complexity index is 553. The first kappa shape index (κ1) is 10.5. The second kappa shape index (κ2) is 3.55. The van der Waals surface area contributed by atoms with E-state index in [-0.39, 0.29) is 5.69 Å². The summed E-state index contributed by atoms with van der Waals surface area (Å²) in [6, 6.07) is 4.92. The van der Waals surface area contributed by atoms with E-state index in [1.807, 2.05) is 0 Å². The third kappa shape index (κ3) is 1.73. The van der Waals surface area contributed by atoms with Crippen LogP contribution in [-0.4, -0.2) is 9.55 Å². The van der Waals surface area contributed by atoms with E-state index in [0.29, 0.717) is 0 Å². The number of nitrogens with zero attached hydrogens (tertiary/aromatic N) is 1. The lowest BCUT2D eigenvalue weighted by Gasteiger charge is -2.11. The Morgan fingerprint density at radius 1 is 1.19 bits per heavy atom. The molecule has 0 aliphatic heterocycles. The van der Waals surface area contributed by atoms with Crippen LogP contribution in [0, 0.1) is 0 Å². The number of imidazole rings is 1. The summed E-state index contributed by atoms with van der Waals surface area (Å²) < 4.78 is 38.9. The van der Waals surface area contributed by atoms with Crippen LogP contribution in [0.5, 0.6) is 0 Å². The quantitative estimate of drug-likeness (QED) is 0.798. The third-order valence-electron chi connectivity index (χ3n) is 2.12. The van der Waals surface area contributed by atoms with Gasteiger partial charge in [-0.15, -0.1) is 0 Å². The molecule has 2 aromatic rings. The fourth-order valence-corrected chi connectivity index (χ4v) is 1.43. The number of aromatic nitrogens is 2. The monoisotopic (exact) mass is 228 g/mol. The first-order chi connectivity index (χ1) is 7.50. The van der Waals surface area contributed by atoms with Gasteiger partial charge < -0.3 is 4.98 Å². The minimum atomic E-state index is -4.48. The minimum Gasteiger partial charge on any atom is -0.312 e. The molecule has 0 amide bonds. The van der Waals surface area contributed by atoms with Crippen molar-refractivity contribution in [1.82, 2.24) is 9.55 Å². The van der Waals surface area contributed by atoms with Gasteiger partial charge in [0.05, 0.1) is 11.3 Å². The molecule has 0 saturated heterocycles. The van der Waals surface area contributed by atoms with E-state index in [9.17, 15) is 18.0 Å². The number of alkyl halides is 3. The molecule has 0 saturated carbocycles. The number of hydrogen-bond donors (Lipinski definition) is 1. The lowest BCUT2D eigenvalue weighted by atomic mass is 10.1. The molecule has 84 valence electrons. The Morgan fingerprint density at radius 2 is 1.88 bits per heavy atom. The van der Waals surface area contributed by atoms with E-state index < -0.39 is 17.4 Å². The molecule has 0 fully saturated rings. The Labute approximate surface area is 88.2 Å². The summed E-state index contributed by atoms with van der Waals surface area (Å²) in [6.45, 7) is 0. The van der Waals surface area contributed by atoms with Crippen LogP contribution in [0.4, 0.5) is 13.2 Å². The summed E-state index contributed by atoms with van der Waals surface area (Å²) in [5.74, 6) is 0. The zero-order valence-electron chi connectivity index (χ0n) is 7.95. The molecule has 0 radical (unpaired) electrons. The smallest absolute Gasteiger partial charge is 0.312 e. The molecule has 0 bridgehead atoms. The van der Waals surface area contributed by atoms with E-state index in [1.165, 1.54) is 30.6 Å². The predicted octanol–water partition coefficient (Wildman–Crippen LogP) is 2.18. The molecule has 1 N–H and O–H groups in total. The molecule has 0 spiro atoms. The van der Waals surface area contributed by atoms with Gasteiger partial charge in [-0.1, -0.05) is 12.1 Å². The van der Waals surface area contributed by atoms with Crippen molar-refractivity contribution in [3.8, 4) is 5.69 Å². The Morgan fingerprint density at radius 3 is 2.44 bits per heavy atom. The van der Waals surface area contributed by atoms with Crippen molar-refractivity contribution in [2.45, 2.75) is 6.18 Å². The fraction of sp³-hybridized carbons (Fsp3) is 0.100. The van der Waals surface area contributed by atoms with Gasteiger partial charge in [-0.2, -0.15) is 13.2 Å². The molecule has 0 aliphatic rings. The number of para-hydroxylation sites is 1. The van der Waals surface area contributed by atoms with E-state index in [2.05, 4.69) is 4.98 Å². The van der Waals surface area contributed by atoms with E-state index in [4.69, 9.17) is 0 Å². The van der Waals surface area contributed by atoms with E-state index in [1.54, 1.807) is 0 Å². The highest BCUT2D eigenvalue weighted by Gasteiger charge is 2.33. The van der Waals surface area contributed by atoms with Crippen molar-refractivity contribution in [3.63, 3.8) is 0 Å². The van der Waals surface area contributed by atoms with Gasteiger partial charge in [0, 0.05) is 12.4 Å². The predicted molar refractivity (Wildman–Crippen MR) is 51.4 cm³/mol. The SMILES string of the molecule is O=c1[nH]ccn1-c1ccccc1C(F)(F)F. The maximum atomic E-state index is 12.6. The third-order valence-corrected chi connectivity index (χ3v) is 2.12. The molecular formula is C10H7F3N2O. The standard InChI is InChI=1S/C10H7F3N2O/c11-10(12,13)7-3-1-2-4-8(7)15-6-5-14-9(15)16/h1-6H,(H,14,16). The van der Waals surface area contributed by atoms with Crippen LogP contribution in [0.1, 0.15) is 5.56 Å². The highest BCUT2D eigenvalue weighted by molar-refractivity contribution is 5.42. The first-order valence-electron chi connectivity index (χ1n) is 4.43. The van der Waals surface area contributed by atoms with Crippen molar-refractivity contribution >= 4 is 0 Å².